The van der Waals surface area contributed by atoms with Gasteiger partial charge in [0, 0.05) is 12.8 Å². The van der Waals surface area contributed by atoms with E-state index in [0.717, 1.165) is 51.4 Å². The summed E-state index contributed by atoms with van der Waals surface area (Å²) in [6, 6.07) is 0. The van der Waals surface area contributed by atoms with Crippen molar-refractivity contribution >= 4 is 11.9 Å². The molecule has 0 amide bonds. The molecule has 0 bridgehead atoms. The third-order valence-corrected chi connectivity index (χ3v) is 7.17. The van der Waals surface area contributed by atoms with E-state index in [0.29, 0.717) is 12.8 Å². The fraction of sp³-hybridized carbons (Fsp3) is 0.591. The predicted octanol–water partition coefficient (Wildman–Crippen LogP) is 8.80. The number of aliphatic carboxylic acids is 2. The molecule has 0 saturated carbocycles. The highest BCUT2D eigenvalue weighted by Crippen LogP contribution is 2.08. The number of carboxylic acid groups (broad SMARTS) is 2. The van der Waals surface area contributed by atoms with Crippen LogP contribution in [-0.2, 0) is 9.59 Å². The van der Waals surface area contributed by atoms with Crippen LogP contribution in [0.3, 0.4) is 0 Å². The van der Waals surface area contributed by atoms with Crippen LogP contribution in [0.1, 0.15) is 133 Å². The molecule has 0 radical (unpaired) electrons. The van der Waals surface area contributed by atoms with Gasteiger partial charge in [-0.05, 0) is 38.5 Å². The average molecular weight is 769 g/mol. The van der Waals surface area contributed by atoms with Gasteiger partial charge in [-0.3, -0.25) is 9.59 Å². The van der Waals surface area contributed by atoms with E-state index in [2.05, 4.69) is 13.8 Å². The van der Waals surface area contributed by atoms with Crippen LogP contribution in [0.15, 0.2) is 97.2 Å². The second-order valence-corrected chi connectivity index (χ2v) is 11.9. The molecular formula is C44H80O10. The third-order valence-electron chi connectivity index (χ3n) is 7.17. The Morgan fingerprint density at radius 3 is 0.963 bits per heavy atom. The zero-order chi connectivity index (χ0) is 37.8. The standard InChI is InChI=1S/2C20H32O5.4CH4/c2*1-2-3-8-12-17(21)13-9-6-4-5-7-10-14-18(22)19(23)15-11-16-20(24)25;;;;/h2*4-7,9-10,13-14,17-19,21-23H,2-3,8,11-12,15-16H2,1H3,(H,24,25);4*1H4/b2*6-4-,7-5+,13-9+,14-10+;;;;/t17-,18+,19-;17-,18-,19+;;;;/m01..../s1. The third kappa shape index (κ3) is 46.6. The molecule has 0 aliphatic rings. The van der Waals surface area contributed by atoms with E-state index in [1.807, 2.05) is 12.2 Å². The van der Waals surface area contributed by atoms with Crippen molar-refractivity contribution in [3.05, 3.63) is 97.2 Å². The SMILES string of the molecule is C.C.C.C.CCCCC[C@@H](O)/C=C/C=C\C=C\C=C\[C@@H](O)[C@@H](O)CCCC(=O)O.CCCCC[C@H](O)/C=C/C=C\C=C\C=C\[C@@H](O)[C@@H](O)CCCC(=O)O. The normalized spacial score (nSPS) is 15.1. The van der Waals surface area contributed by atoms with Crippen molar-refractivity contribution in [2.24, 2.45) is 0 Å². The lowest BCUT2D eigenvalue weighted by molar-refractivity contribution is -0.138. The fourth-order valence-corrected chi connectivity index (χ4v) is 4.18. The number of unbranched alkanes of at least 4 members (excludes halogenated alkanes) is 4. The molecule has 0 heterocycles. The van der Waals surface area contributed by atoms with Crippen molar-refractivity contribution in [1.82, 2.24) is 0 Å². The first-order chi connectivity index (χ1) is 23.9. The molecule has 10 heteroatoms. The molecule has 0 saturated heterocycles. The van der Waals surface area contributed by atoms with Crippen LogP contribution >= 0.6 is 0 Å². The van der Waals surface area contributed by atoms with E-state index in [1.165, 1.54) is 12.2 Å². The van der Waals surface area contributed by atoms with Crippen LogP contribution in [0.2, 0.25) is 0 Å². The topological polar surface area (TPSA) is 196 Å². The van der Waals surface area contributed by atoms with E-state index < -0.39 is 48.6 Å². The number of carbonyl (C=O) groups is 2. The van der Waals surface area contributed by atoms with Gasteiger partial charge >= 0.3 is 11.9 Å². The monoisotopic (exact) mass is 769 g/mol. The largest absolute Gasteiger partial charge is 0.481 e. The van der Waals surface area contributed by atoms with Crippen LogP contribution in [0, 0.1) is 0 Å². The summed E-state index contributed by atoms with van der Waals surface area (Å²) in [5.74, 6) is -1.82. The summed E-state index contributed by atoms with van der Waals surface area (Å²) in [6.07, 6.45) is 32.0. The molecule has 54 heavy (non-hydrogen) atoms. The molecule has 0 aromatic rings. The zero-order valence-corrected chi connectivity index (χ0v) is 30.0. The molecular weight excluding hydrogens is 688 g/mol. The van der Waals surface area contributed by atoms with Gasteiger partial charge in [0.2, 0.25) is 0 Å². The summed E-state index contributed by atoms with van der Waals surface area (Å²) in [4.78, 5) is 20.7. The van der Waals surface area contributed by atoms with Crippen molar-refractivity contribution in [2.45, 2.75) is 170 Å². The summed E-state index contributed by atoms with van der Waals surface area (Å²) in [6.45, 7) is 4.26. The van der Waals surface area contributed by atoms with Gasteiger partial charge in [0.15, 0.2) is 0 Å². The van der Waals surface area contributed by atoms with Gasteiger partial charge < -0.3 is 40.9 Å². The Bertz CT molecular complexity index is 987. The van der Waals surface area contributed by atoms with Crippen LogP contribution in [-0.4, -0.2) is 89.4 Å². The van der Waals surface area contributed by atoms with Crippen molar-refractivity contribution in [2.75, 3.05) is 0 Å². The van der Waals surface area contributed by atoms with Crippen molar-refractivity contribution in [1.29, 1.82) is 0 Å². The number of hydrogen-bond donors (Lipinski definition) is 8. The first-order valence-corrected chi connectivity index (χ1v) is 17.8. The van der Waals surface area contributed by atoms with Gasteiger partial charge in [-0.15, -0.1) is 0 Å². The lowest BCUT2D eigenvalue weighted by Gasteiger charge is -2.13. The minimum absolute atomic E-state index is 0. The number of aliphatic hydroxyl groups is 6. The molecule has 0 aromatic heterocycles. The van der Waals surface area contributed by atoms with Crippen LogP contribution in [0.25, 0.3) is 0 Å². The van der Waals surface area contributed by atoms with Gasteiger partial charge in [-0.2, -0.15) is 0 Å². The second kappa shape index (κ2) is 45.8. The Balaban J connectivity index is -0.000000199. The molecule has 0 aromatic carbocycles. The van der Waals surface area contributed by atoms with Crippen LogP contribution < -0.4 is 0 Å². The Morgan fingerprint density at radius 1 is 0.407 bits per heavy atom. The van der Waals surface area contributed by atoms with Gasteiger partial charge in [-0.25, -0.2) is 0 Å². The average Bonchev–Trinajstić information content (AvgIpc) is 3.07. The maximum absolute atomic E-state index is 10.4. The van der Waals surface area contributed by atoms with Crippen molar-refractivity contribution in [3.63, 3.8) is 0 Å². The minimum Gasteiger partial charge on any atom is -0.481 e. The number of allylic oxidation sites excluding steroid dienone is 12. The van der Waals surface area contributed by atoms with Crippen LogP contribution in [0.4, 0.5) is 0 Å². The zero-order valence-electron chi connectivity index (χ0n) is 30.0. The fourth-order valence-electron chi connectivity index (χ4n) is 4.18. The molecule has 0 aliphatic heterocycles. The Kier molecular flexibility index (Phi) is 53.1. The van der Waals surface area contributed by atoms with E-state index >= 15 is 0 Å². The van der Waals surface area contributed by atoms with Crippen LogP contribution in [0.5, 0.6) is 0 Å². The second-order valence-electron chi connectivity index (χ2n) is 11.9. The van der Waals surface area contributed by atoms with Crippen molar-refractivity contribution < 1.29 is 50.4 Å². The summed E-state index contributed by atoms with van der Waals surface area (Å²) in [7, 11) is 0. The lowest BCUT2D eigenvalue weighted by Crippen LogP contribution is -2.23. The molecule has 6 atom stereocenters. The number of rotatable bonds is 28. The molecule has 0 aliphatic carbocycles. The smallest absolute Gasteiger partial charge is 0.303 e. The van der Waals surface area contributed by atoms with E-state index in [4.69, 9.17) is 10.2 Å². The molecule has 0 fully saturated rings. The summed E-state index contributed by atoms with van der Waals surface area (Å²) in [5.41, 5.74) is 0. The van der Waals surface area contributed by atoms with E-state index in [9.17, 15) is 40.2 Å². The molecule has 316 valence electrons. The minimum atomic E-state index is -1.01. The number of carboxylic acids is 2. The van der Waals surface area contributed by atoms with E-state index in [-0.39, 0.29) is 55.4 Å². The summed E-state index contributed by atoms with van der Waals surface area (Å²) < 4.78 is 0. The molecule has 8 N–H and O–H groups in total. The van der Waals surface area contributed by atoms with Gasteiger partial charge in [0.25, 0.3) is 0 Å². The quantitative estimate of drug-likeness (QED) is 0.0281. The first-order valence-electron chi connectivity index (χ1n) is 17.8. The summed E-state index contributed by atoms with van der Waals surface area (Å²) >= 11 is 0. The Labute approximate surface area is 329 Å². The van der Waals surface area contributed by atoms with Gasteiger partial charge in [0.1, 0.15) is 0 Å². The number of hydrogen-bond acceptors (Lipinski definition) is 8. The number of aliphatic hydroxyl groups excluding tert-OH is 6. The predicted molar refractivity (Wildman–Crippen MR) is 227 cm³/mol. The highest BCUT2D eigenvalue weighted by Gasteiger charge is 2.14. The van der Waals surface area contributed by atoms with Gasteiger partial charge in [-0.1, -0.05) is 179 Å². The first kappa shape index (κ1) is 62.6. The maximum Gasteiger partial charge on any atom is 0.303 e. The van der Waals surface area contributed by atoms with Gasteiger partial charge in [0.05, 0.1) is 36.6 Å². The van der Waals surface area contributed by atoms with Crippen molar-refractivity contribution in [3.8, 4) is 0 Å². The lowest BCUT2D eigenvalue weighted by atomic mass is 10.1. The Hall–Kier alpha value is -3.38. The molecule has 10 nitrogen and oxygen atoms in total. The highest BCUT2D eigenvalue weighted by molar-refractivity contribution is 5.66. The molecule has 0 unspecified atom stereocenters. The Morgan fingerprint density at radius 2 is 0.685 bits per heavy atom. The highest BCUT2D eigenvalue weighted by atomic mass is 16.4. The maximum atomic E-state index is 10.4. The van der Waals surface area contributed by atoms with E-state index in [1.54, 1.807) is 72.9 Å². The summed E-state index contributed by atoms with van der Waals surface area (Å²) in [5, 5.41) is 75.1. The molecule has 0 rings (SSSR count). The molecule has 0 spiro atoms.